The SMILES string of the molecule is COC(=O)C1CN(S(=O)(=O)N2CC(F)(c3ccc(C)cc3)C2)C1. The fraction of sp³-hybridized carbons (Fsp3) is 0.533. The van der Waals surface area contributed by atoms with E-state index < -0.39 is 27.8 Å². The molecule has 2 aliphatic heterocycles. The number of hydrogen-bond donors (Lipinski definition) is 0. The number of carbonyl (C=O) groups excluding carboxylic acids is 1. The summed E-state index contributed by atoms with van der Waals surface area (Å²) in [6.45, 7) is 1.70. The Balaban J connectivity index is 1.62. The molecule has 0 aliphatic carbocycles. The maximum absolute atomic E-state index is 14.8. The van der Waals surface area contributed by atoms with Crippen molar-refractivity contribution in [2.75, 3.05) is 33.3 Å². The van der Waals surface area contributed by atoms with Crippen LogP contribution >= 0.6 is 0 Å². The van der Waals surface area contributed by atoms with Crippen molar-refractivity contribution in [2.45, 2.75) is 12.6 Å². The van der Waals surface area contributed by atoms with Crippen LogP contribution in [0.4, 0.5) is 4.39 Å². The molecule has 2 fully saturated rings. The molecule has 2 saturated heterocycles. The van der Waals surface area contributed by atoms with Crippen molar-refractivity contribution in [1.82, 2.24) is 8.61 Å². The number of halogens is 1. The molecule has 2 aliphatic rings. The number of rotatable bonds is 4. The molecule has 3 rings (SSSR count). The molecule has 0 saturated carbocycles. The Morgan fingerprint density at radius 3 is 2.30 bits per heavy atom. The standard InChI is InChI=1S/C15H19FN2O4S/c1-11-3-5-13(6-4-11)15(16)9-18(10-15)23(20,21)17-7-12(8-17)14(19)22-2/h3-6,12H,7-10H2,1-2H3. The molecule has 8 heteroatoms. The first kappa shape index (κ1) is 16.4. The molecule has 126 valence electrons. The van der Waals surface area contributed by atoms with Gasteiger partial charge in [-0.1, -0.05) is 29.8 Å². The van der Waals surface area contributed by atoms with Crippen molar-refractivity contribution in [3.63, 3.8) is 0 Å². The van der Waals surface area contributed by atoms with Crippen molar-refractivity contribution in [3.8, 4) is 0 Å². The van der Waals surface area contributed by atoms with Crippen molar-refractivity contribution in [3.05, 3.63) is 35.4 Å². The smallest absolute Gasteiger partial charge is 0.311 e. The summed E-state index contributed by atoms with van der Waals surface area (Å²) >= 11 is 0. The summed E-state index contributed by atoms with van der Waals surface area (Å²) in [6, 6.07) is 7.00. The minimum atomic E-state index is -3.71. The lowest BCUT2D eigenvalue weighted by atomic mass is 9.90. The summed E-state index contributed by atoms with van der Waals surface area (Å²) in [7, 11) is -2.44. The van der Waals surface area contributed by atoms with E-state index in [0.717, 1.165) is 9.87 Å². The van der Waals surface area contributed by atoms with Gasteiger partial charge in [-0.25, -0.2) is 4.39 Å². The van der Waals surface area contributed by atoms with E-state index in [4.69, 9.17) is 0 Å². The number of ether oxygens (including phenoxy) is 1. The number of alkyl halides is 1. The van der Waals surface area contributed by atoms with E-state index in [1.165, 1.54) is 11.4 Å². The van der Waals surface area contributed by atoms with Gasteiger partial charge in [0.1, 0.15) is 0 Å². The first-order valence-electron chi connectivity index (χ1n) is 7.35. The third-order valence-electron chi connectivity index (χ3n) is 4.46. The third kappa shape index (κ3) is 2.75. The maximum atomic E-state index is 14.8. The summed E-state index contributed by atoms with van der Waals surface area (Å²) in [4.78, 5) is 11.3. The van der Waals surface area contributed by atoms with Crippen LogP contribution in [0.1, 0.15) is 11.1 Å². The van der Waals surface area contributed by atoms with E-state index in [2.05, 4.69) is 4.74 Å². The van der Waals surface area contributed by atoms with Crippen LogP contribution in [0.2, 0.25) is 0 Å². The van der Waals surface area contributed by atoms with Crippen LogP contribution in [0.3, 0.4) is 0 Å². The van der Waals surface area contributed by atoms with E-state index in [-0.39, 0.29) is 26.2 Å². The van der Waals surface area contributed by atoms with Crippen LogP contribution in [0, 0.1) is 12.8 Å². The fourth-order valence-corrected chi connectivity index (χ4v) is 4.62. The molecule has 1 aromatic rings. The van der Waals surface area contributed by atoms with Gasteiger partial charge in [0, 0.05) is 13.1 Å². The largest absolute Gasteiger partial charge is 0.469 e. The van der Waals surface area contributed by atoms with Crippen LogP contribution in [0.5, 0.6) is 0 Å². The topological polar surface area (TPSA) is 66.9 Å². The summed E-state index contributed by atoms with van der Waals surface area (Å²) in [5.41, 5.74) is -0.130. The molecule has 6 nitrogen and oxygen atoms in total. The number of esters is 1. The predicted octanol–water partition coefficient (Wildman–Crippen LogP) is 0.825. The van der Waals surface area contributed by atoms with Crippen LogP contribution in [0.15, 0.2) is 24.3 Å². The summed E-state index contributed by atoms with van der Waals surface area (Å²) in [5, 5.41) is 0. The van der Waals surface area contributed by atoms with Gasteiger partial charge in [0.25, 0.3) is 10.2 Å². The first-order valence-corrected chi connectivity index (χ1v) is 8.75. The lowest BCUT2D eigenvalue weighted by Crippen LogP contribution is -2.65. The van der Waals surface area contributed by atoms with Gasteiger partial charge in [-0.05, 0) is 12.5 Å². The molecule has 0 unspecified atom stereocenters. The van der Waals surface area contributed by atoms with Crippen molar-refractivity contribution >= 4 is 16.2 Å². The zero-order valence-corrected chi connectivity index (χ0v) is 13.8. The molecule has 0 atom stereocenters. The number of methoxy groups -OCH3 is 1. The minimum absolute atomic E-state index is 0.0926. The third-order valence-corrected chi connectivity index (χ3v) is 6.32. The van der Waals surface area contributed by atoms with Gasteiger partial charge in [-0.15, -0.1) is 0 Å². The average Bonchev–Trinajstić information content (AvgIpc) is 2.42. The Hall–Kier alpha value is -1.51. The van der Waals surface area contributed by atoms with Crippen molar-refractivity contribution in [2.24, 2.45) is 5.92 Å². The van der Waals surface area contributed by atoms with Gasteiger partial charge in [-0.2, -0.15) is 17.0 Å². The molecule has 0 aromatic heterocycles. The molecule has 0 spiro atoms. The van der Waals surface area contributed by atoms with E-state index in [1.807, 2.05) is 19.1 Å². The number of carbonyl (C=O) groups is 1. The number of hydrogen-bond acceptors (Lipinski definition) is 4. The van der Waals surface area contributed by atoms with E-state index in [1.54, 1.807) is 12.1 Å². The first-order chi connectivity index (χ1) is 10.8. The Labute approximate surface area is 135 Å². The lowest BCUT2D eigenvalue weighted by molar-refractivity contribution is -0.149. The minimum Gasteiger partial charge on any atom is -0.469 e. The number of benzene rings is 1. The van der Waals surface area contributed by atoms with E-state index in [9.17, 15) is 17.6 Å². The van der Waals surface area contributed by atoms with Crippen LogP contribution in [-0.2, 0) is 25.4 Å². The molecular formula is C15H19FN2O4S. The highest BCUT2D eigenvalue weighted by molar-refractivity contribution is 7.86. The molecular weight excluding hydrogens is 323 g/mol. The second-order valence-electron chi connectivity index (χ2n) is 6.14. The van der Waals surface area contributed by atoms with Crippen molar-refractivity contribution < 1.29 is 22.3 Å². The van der Waals surface area contributed by atoms with Gasteiger partial charge in [0.15, 0.2) is 5.67 Å². The quantitative estimate of drug-likeness (QED) is 0.760. The van der Waals surface area contributed by atoms with Crippen LogP contribution in [0.25, 0.3) is 0 Å². The Morgan fingerprint density at radius 1 is 1.22 bits per heavy atom. The summed E-state index contributed by atoms with van der Waals surface area (Å²) in [6.07, 6.45) is 0. The molecule has 2 heterocycles. The Morgan fingerprint density at radius 2 is 1.78 bits per heavy atom. The highest BCUT2D eigenvalue weighted by atomic mass is 32.2. The highest BCUT2D eigenvalue weighted by Crippen LogP contribution is 2.39. The summed E-state index contributed by atoms with van der Waals surface area (Å²) < 4.78 is 46.4. The van der Waals surface area contributed by atoms with Crippen molar-refractivity contribution in [1.29, 1.82) is 0 Å². The monoisotopic (exact) mass is 342 g/mol. The molecule has 1 aromatic carbocycles. The fourth-order valence-electron chi connectivity index (χ4n) is 2.82. The molecule has 0 bridgehead atoms. The van der Waals surface area contributed by atoms with Gasteiger partial charge < -0.3 is 4.74 Å². The zero-order valence-electron chi connectivity index (χ0n) is 13.0. The zero-order chi connectivity index (χ0) is 16.8. The molecule has 0 N–H and O–H groups in total. The molecule has 0 radical (unpaired) electrons. The normalized spacial score (nSPS) is 22.2. The van der Waals surface area contributed by atoms with E-state index in [0.29, 0.717) is 5.56 Å². The molecule has 0 amide bonds. The second-order valence-corrected chi connectivity index (χ2v) is 8.07. The lowest BCUT2D eigenvalue weighted by Gasteiger charge is -2.47. The average molecular weight is 342 g/mol. The Kier molecular flexibility index (Phi) is 3.94. The van der Waals surface area contributed by atoms with Gasteiger partial charge in [0.2, 0.25) is 0 Å². The van der Waals surface area contributed by atoms with E-state index >= 15 is 0 Å². The van der Waals surface area contributed by atoms with Gasteiger partial charge in [-0.3, -0.25) is 4.79 Å². The number of nitrogens with zero attached hydrogens (tertiary/aromatic N) is 2. The Bertz CT molecular complexity index is 707. The van der Waals surface area contributed by atoms with Crippen LogP contribution < -0.4 is 0 Å². The highest BCUT2D eigenvalue weighted by Gasteiger charge is 2.53. The molecule has 23 heavy (non-hydrogen) atoms. The number of aryl methyl sites for hydroxylation is 1. The predicted molar refractivity (Wildman–Crippen MR) is 81.5 cm³/mol. The maximum Gasteiger partial charge on any atom is 0.311 e. The van der Waals surface area contributed by atoms with Crippen LogP contribution in [-0.4, -0.2) is 56.3 Å². The second kappa shape index (κ2) is 5.54. The van der Waals surface area contributed by atoms with Gasteiger partial charge >= 0.3 is 5.97 Å². The summed E-state index contributed by atoms with van der Waals surface area (Å²) in [5.74, 6) is -0.845. The van der Waals surface area contributed by atoms with Gasteiger partial charge in [0.05, 0.1) is 26.1 Å².